The third kappa shape index (κ3) is 6.18. The van der Waals surface area contributed by atoms with E-state index >= 15 is 0 Å². The zero-order valence-electron chi connectivity index (χ0n) is 17.7. The summed E-state index contributed by atoms with van der Waals surface area (Å²) in [5, 5.41) is 26.5. The minimum Gasteiger partial charge on any atom is -0.449 e. The zero-order valence-corrected chi connectivity index (χ0v) is 18.5. The molecule has 2 N–H and O–H groups in total. The number of carbonyl (C=O) groups excluding carboxylic acids is 2. The van der Waals surface area contributed by atoms with Crippen molar-refractivity contribution < 1.29 is 19.2 Å². The number of para-hydroxylation sites is 1. The molecule has 0 heterocycles. The maximum absolute atomic E-state index is 12.5. The molecule has 0 unspecified atom stereocenters. The number of hydrogen-bond donors (Lipinski definition) is 2. The van der Waals surface area contributed by atoms with E-state index in [4.69, 9.17) is 16.3 Å². The average molecular weight is 477 g/mol. The maximum Gasteiger partial charge on any atom is 0.312 e. The fourth-order valence-electron chi connectivity index (χ4n) is 2.85. The van der Waals surface area contributed by atoms with Crippen molar-refractivity contribution in [3.8, 4) is 17.6 Å². The van der Waals surface area contributed by atoms with Crippen LogP contribution in [0.25, 0.3) is 6.08 Å². The lowest BCUT2D eigenvalue weighted by atomic mass is 10.1. The number of nitrogens with zero attached hydrogens (tertiary/aromatic N) is 2. The number of hydrogen-bond acceptors (Lipinski definition) is 6. The van der Waals surface area contributed by atoms with Crippen LogP contribution in [0.4, 0.5) is 17.1 Å². The Morgan fingerprint density at radius 1 is 1.03 bits per heavy atom. The molecule has 2 amide bonds. The highest BCUT2D eigenvalue weighted by Crippen LogP contribution is 2.35. The molecule has 34 heavy (non-hydrogen) atoms. The van der Waals surface area contributed by atoms with Crippen molar-refractivity contribution >= 4 is 46.6 Å². The van der Waals surface area contributed by atoms with Gasteiger partial charge < -0.3 is 15.4 Å². The summed E-state index contributed by atoms with van der Waals surface area (Å²) in [5.41, 5.74) is 0.577. The summed E-state index contributed by atoms with van der Waals surface area (Å²) < 4.78 is 5.58. The molecule has 0 aromatic heterocycles. The molecule has 0 radical (unpaired) electrons. The van der Waals surface area contributed by atoms with Crippen LogP contribution < -0.4 is 15.4 Å². The number of nitriles is 1. The van der Waals surface area contributed by atoms with Crippen molar-refractivity contribution in [3.05, 3.63) is 93.0 Å². The van der Waals surface area contributed by atoms with Crippen molar-refractivity contribution in [2.75, 3.05) is 10.6 Å². The van der Waals surface area contributed by atoms with Gasteiger partial charge in [0, 0.05) is 24.4 Å². The molecule has 170 valence electrons. The molecule has 3 aromatic carbocycles. The smallest absolute Gasteiger partial charge is 0.312 e. The normalized spacial score (nSPS) is 10.7. The van der Waals surface area contributed by atoms with Crippen molar-refractivity contribution in [2.45, 2.75) is 6.92 Å². The van der Waals surface area contributed by atoms with Gasteiger partial charge in [-0.05, 0) is 54.1 Å². The first-order valence-corrected chi connectivity index (χ1v) is 10.2. The summed E-state index contributed by atoms with van der Waals surface area (Å²) in [6.07, 6.45) is 1.23. The number of benzene rings is 3. The largest absolute Gasteiger partial charge is 0.449 e. The predicted molar refractivity (Wildman–Crippen MR) is 128 cm³/mol. The minimum absolute atomic E-state index is 0.0440. The first-order valence-electron chi connectivity index (χ1n) is 9.78. The monoisotopic (exact) mass is 476 g/mol. The van der Waals surface area contributed by atoms with Crippen LogP contribution in [-0.4, -0.2) is 16.7 Å². The number of ether oxygens (including phenoxy) is 1. The number of carbonyl (C=O) groups is 2. The zero-order chi connectivity index (χ0) is 24.7. The van der Waals surface area contributed by atoms with Crippen molar-refractivity contribution in [1.29, 1.82) is 5.26 Å². The summed E-state index contributed by atoms with van der Waals surface area (Å²) in [6, 6.07) is 18.7. The minimum atomic E-state index is -0.700. The molecule has 0 aliphatic rings. The molecule has 0 fully saturated rings. The molecule has 0 saturated carbocycles. The number of rotatable bonds is 7. The second-order valence-electron chi connectivity index (χ2n) is 6.90. The quantitative estimate of drug-likeness (QED) is 0.199. The number of halogens is 1. The molecule has 0 aliphatic carbocycles. The van der Waals surface area contributed by atoms with Crippen LogP contribution in [0.5, 0.6) is 11.5 Å². The highest BCUT2D eigenvalue weighted by molar-refractivity contribution is 6.32. The molecule has 3 aromatic rings. The number of anilines is 2. The molecule has 0 aliphatic heterocycles. The van der Waals surface area contributed by atoms with Crippen LogP contribution in [0.2, 0.25) is 5.02 Å². The van der Waals surface area contributed by atoms with E-state index in [0.717, 1.165) is 0 Å². The van der Waals surface area contributed by atoms with Crippen molar-refractivity contribution in [3.63, 3.8) is 0 Å². The van der Waals surface area contributed by atoms with E-state index in [0.29, 0.717) is 11.4 Å². The average Bonchev–Trinajstić information content (AvgIpc) is 2.80. The number of nitro benzene ring substituents is 1. The Kier molecular flexibility index (Phi) is 7.59. The van der Waals surface area contributed by atoms with Gasteiger partial charge in [-0.2, -0.15) is 5.26 Å². The first-order chi connectivity index (χ1) is 16.3. The van der Waals surface area contributed by atoms with E-state index in [9.17, 15) is 25.0 Å². The highest BCUT2D eigenvalue weighted by Gasteiger charge is 2.18. The van der Waals surface area contributed by atoms with E-state index < -0.39 is 10.8 Å². The summed E-state index contributed by atoms with van der Waals surface area (Å²) >= 11 is 6.05. The summed E-state index contributed by atoms with van der Waals surface area (Å²) in [5.74, 6) is -0.729. The highest BCUT2D eigenvalue weighted by atomic mass is 35.5. The summed E-state index contributed by atoms with van der Waals surface area (Å²) in [7, 11) is 0. The van der Waals surface area contributed by atoms with Crippen molar-refractivity contribution in [2.24, 2.45) is 0 Å². The van der Waals surface area contributed by atoms with E-state index in [-0.39, 0.29) is 39.3 Å². The van der Waals surface area contributed by atoms with Crippen molar-refractivity contribution in [1.82, 2.24) is 0 Å². The third-order valence-electron chi connectivity index (χ3n) is 4.38. The Bertz CT molecular complexity index is 1330. The van der Waals surface area contributed by atoms with E-state index in [1.807, 2.05) is 0 Å². The first kappa shape index (κ1) is 24.0. The molecular weight excluding hydrogens is 460 g/mol. The second-order valence-corrected chi connectivity index (χ2v) is 7.31. The third-order valence-corrected chi connectivity index (χ3v) is 4.69. The molecule has 0 saturated heterocycles. The molecule has 10 heteroatoms. The van der Waals surface area contributed by atoms with Gasteiger partial charge in [-0.25, -0.2) is 0 Å². The predicted octanol–water partition coefficient (Wildman–Crippen LogP) is 5.54. The Morgan fingerprint density at radius 3 is 2.26 bits per heavy atom. The van der Waals surface area contributed by atoms with Gasteiger partial charge in [0.2, 0.25) is 11.7 Å². The van der Waals surface area contributed by atoms with Gasteiger partial charge in [-0.1, -0.05) is 29.8 Å². The van der Waals surface area contributed by atoms with Gasteiger partial charge in [-0.3, -0.25) is 19.7 Å². The van der Waals surface area contributed by atoms with Crippen LogP contribution in [0.1, 0.15) is 12.5 Å². The summed E-state index contributed by atoms with van der Waals surface area (Å²) in [4.78, 5) is 34.6. The standard InChI is InChI=1S/C24H17ClN4O5/c1-15(30)27-18-7-9-19(10-8-18)28-24(31)17(14-26)12-16-6-11-23(21(13-16)29(32)33)34-22-5-3-2-4-20(22)25/h2-13H,1H3,(H,27,30)(H,28,31)/b17-12+. The molecule has 3 rings (SSSR count). The lowest BCUT2D eigenvalue weighted by molar-refractivity contribution is -0.385. The SMILES string of the molecule is CC(=O)Nc1ccc(NC(=O)/C(C#N)=C/c2ccc(Oc3ccccc3Cl)c([N+](=O)[O-])c2)cc1. The maximum atomic E-state index is 12.5. The van der Waals surface area contributed by atoms with Gasteiger partial charge in [0.15, 0.2) is 0 Å². The van der Waals surface area contributed by atoms with E-state index in [1.54, 1.807) is 54.6 Å². The molecule has 0 bridgehead atoms. The van der Waals surface area contributed by atoms with Gasteiger partial charge in [0.05, 0.1) is 9.95 Å². The fraction of sp³-hybridized carbons (Fsp3) is 0.0417. The van der Waals surface area contributed by atoms with E-state index in [1.165, 1.54) is 31.2 Å². The Morgan fingerprint density at radius 2 is 1.68 bits per heavy atom. The second kappa shape index (κ2) is 10.8. The molecule has 0 spiro atoms. The lowest BCUT2D eigenvalue weighted by Crippen LogP contribution is -2.13. The van der Waals surface area contributed by atoms with Crippen LogP contribution in [0.3, 0.4) is 0 Å². The number of nitro groups is 1. The van der Waals surface area contributed by atoms with Crippen LogP contribution >= 0.6 is 11.6 Å². The van der Waals surface area contributed by atoms with Gasteiger partial charge >= 0.3 is 5.69 Å². The van der Waals surface area contributed by atoms with Crippen LogP contribution in [0, 0.1) is 21.4 Å². The Labute approximate surface area is 199 Å². The van der Waals surface area contributed by atoms with Crippen LogP contribution in [0.15, 0.2) is 72.3 Å². The topological polar surface area (TPSA) is 134 Å². The number of amides is 2. The summed E-state index contributed by atoms with van der Waals surface area (Å²) in [6.45, 7) is 1.37. The molecule has 0 atom stereocenters. The fourth-order valence-corrected chi connectivity index (χ4v) is 3.03. The molecule has 9 nitrogen and oxygen atoms in total. The van der Waals surface area contributed by atoms with Gasteiger partial charge in [0.25, 0.3) is 5.91 Å². The lowest BCUT2D eigenvalue weighted by Gasteiger charge is -2.09. The number of nitrogens with one attached hydrogen (secondary N) is 2. The van der Waals surface area contributed by atoms with Gasteiger partial charge in [-0.15, -0.1) is 0 Å². The Hall–Kier alpha value is -4.68. The van der Waals surface area contributed by atoms with Gasteiger partial charge in [0.1, 0.15) is 17.4 Å². The van der Waals surface area contributed by atoms with Crippen LogP contribution in [-0.2, 0) is 9.59 Å². The van der Waals surface area contributed by atoms with E-state index in [2.05, 4.69) is 10.6 Å². The Balaban J connectivity index is 1.82. The molecular formula is C24H17ClN4O5.